The number of methoxy groups -OCH3 is 1. The summed E-state index contributed by atoms with van der Waals surface area (Å²) < 4.78 is 12.4. The van der Waals surface area contributed by atoms with Crippen LogP contribution in [0.1, 0.15) is 36.6 Å². The summed E-state index contributed by atoms with van der Waals surface area (Å²) in [4.78, 5) is 0. The molecule has 1 atom stereocenters. The standard InChI is InChI=1S/C14H25N3O2/c1-17-14-6-3-5-13(12(14)11-16-17)15-7-4-8-19-10-9-18-2/h11,13,15H,3-10H2,1-2H3. The molecule has 0 aromatic carbocycles. The van der Waals surface area contributed by atoms with Crippen molar-refractivity contribution in [3.63, 3.8) is 0 Å². The van der Waals surface area contributed by atoms with Gasteiger partial charge in [0.25, 0.3) is 0 Å². The van der Waals surface area contributed by atoms with E-state index in [0.717, 1.165) is 26.0 Å². The average molecular weight is 267 g/mol. The highest BCUT2D eigenvalue weighted by Crippen LogP contribution is 2.28. The van der Waals surface area contributed by atoms with Crippen molar-refractivity contribution in [1.82, 2.24) is 15.1 Å². The third-order valence-electron chi connectivity index (χ3n) is 3.66. The maximum atomic E-state index is 5.46. The number of nitrogens with one attached hydrogen (secondary N) is 1. The zero-order valence-electron chi connectivity index (χ0n) is 12.0. The van der Waals surface area contributed by atoms with E-state index < -0.39 is 0 Å². The number of nitrogens with zero attached hydrogens (tertiary/aromatic N) is 2. The van der Waals surface area contributed by atoms with Gasteiger partial charge >= 0.3 is 0 Å². The van der Waals surface area contributed by atoms with Gasteiger partial charge in [-0.25, -0.2) is 0 Å². The van der Waals surface area contributed by atoms with Crippen molar-refractivity contribution >= 4 is 0 Å². The summed E-state index contributed by atoms with van der Waals surface area (Å²) in [6.07, 6.45) is 6.67. The first-order chi connectivity index (χ1) is 9.33. The second-order valence-electron chi connectivity index (χ2n) is 5.03. The molecule has 1 N–H and O–H groups in total. The molecule has 0 amide bonds. The Balaban J connectivity index is 1.67. The molecule has 19 heavy (non-hydrogen) atoms. The molecule has 1 unspecified atom stereocenters. The predicted octanol–water partition coefficient (Wildman–Crippen LogP) is 1.44. The molecule has 0 saturated heterocycles. The third-order valence-corrected chi connectivity index (χ3v) is 3.66. The summed E-state index contributed by atoms with van der Waals surface area (Å²) in [5.74, 6) is 0. The van der Waals surface area contributed by atoms with Gasteiger partial charge in [-0.1, -0.05) is 0 Å². The summed E-state index contributed by atoms with van der Waals surface area (Å²) in [6, 6.07) is 0.469. The van der Waals surface area contributed by atoms with Crippen LogP contribution in [0.4, 0.5) is 0 Å². The SMILES string of the molecule is COCCOCCCNC1CCCc2c1cnn2C. The Kier molecular flexibility index (Phi) is 5.82. The van der Waals surface area contributed by atoms with Gasteiger partial charge in [-0.05, 0) is 32.2 Å². The van der Waals surface area contributed by atoms with E-state index in [1.807, 2.05) is 17.9 Å². The van der Waals surface area contributed by atoms with Crippen molar-refractivity contribution < 1.29 is 9.47 Å². The topological polar surface area (TPSA) is 48.3 Å². The van der Waals surface area contributed by atoms with Gasteiger partial charge in [0.05, 0.1) is 19.4 Å². The monoisotopic (exact) mass is 267 g/mol. The highest BCUT2D eigenvalue weighted by molar-refractivity contribution is 5.24. The van der Waals surface area contributed by atoms with E-state index in [1.165, 1.54) is 24.1 Å². The Morgan fingerprint density at radius 2 is 2.32 bits per heavy atom. The largest absolute Gasteiger partial charge is 0.382 e. The fraction of sp³-hybridized carbons (Fsp3) is 0.786. The molecular formula is C14H25N3O2. The van der Waals surface area contributed by atoms with E-state index in [0.29, 0.717) is 19.3 Å². The van der Waals surface area contributed by atoms with Crippen LogP contribution in [0.5, 0.6) is 0 Å². The van der Waals surface area contributed by atoms with Crippen LogP contribution >= 0.6 is 0 Å². The van der Waals surface area contributed by atoms with Gasteiger partial charge in [0.15, 0.2) is 0 Å². The Bertz CT molecular complexity index is 379. The Morgan fingerprint density at radius 1 is 1.42 bits per heavy atom. The zero-order chi connectivity index (χ0) is 13.5. The first-order valence-corrected chi connectivity index (χ1v) is 7.13. The third kappa shape index (κ3) is 4.03. The van der Waals surface area contributed by atoms with E-state index >= 15 is 0 Å². The molecule has 2 rings (SSSR count). The summed E-state index contributed by atoms with van der Waals surface area (Å²) >= 11 is 0. The van der Waals surface area contributed by atoms with Gasteiger partial charge in [0, 0.05) is 38.1 Å². The smallest absolute Gasteiger partial charge is 0.0700 e. The number of ether oxygens (including phenoxy) is 2. The lowest BCUT2D eigenvalue weighted by molar-refractivity contribution is 0.0692. The van der Waals surface area contributed by atoms with Crippen LogP contribution in [0, 0.1) is 0 Å². The molecule has 1 aromatic rings. The van der Waals surface area contributed by atoms with Gasteiger partial charge in [0.1, 0.15) is 0 Å². The fourth-order valence-corrected chi connectivity index (χ4v) is 2.61. The Labute approximate surface area is 115 Å². The number of aryl methyl sites for hydroxylation is 1. The summed E-state index contributed by atoms with van der Waals surface area (Å²) in [5, 5.41) is 7.98. The summed E-state index contributed by atoms with van der Waals surface area (Å²) in [5.41, 5.74) is 2.77. The maximum absolute atomic E-state index is 5.46. The average Bonchev–Trinajstić information content (AvgIpc) is 2.81. The molecule has 0 spiro atoms. The number of hydrogen-bond donors (Lipinski definition) is 1. The molecule has 0 fully saturated rings. The van der Waals surface area contributed by atoms with Crippen molar-refractivity contribution in [3.05, 3.63) is 17.5 Å². The van der Waals surface area contributed by atoms with Crippen molar-refractivity contribution in [1.29, 1.82) is 0 Å². The van der Waals surface area contributed by atoms with Gasteiger partial charge < -0.3 is 14.8 Å². The molecule has 1 aromatic heterocycles. The van der Waals surface area contributed by atoms with Gasteiger partial charge in [0.2, 0.25) is 0 Å². The van der Waals surface area contributed by atoms with E-state index in [9.17, 15) is 0 Å². The van der Waals surface area contributed by atoms with Gasteiger partial charge in [-0.3, -0.25) is 4.68 Å². The number of hydrogen-bond acceptors (Lipinski definition) is 4. The molecule has 0 bridgehead atoms. The number of rotatable bonds is 8. The molecule has 5 heteroatoms. The molecule has 108 valence electrons. The highest BCUT2D eigenvalue weighted by atomic mass is 16.5. The quantitative estimate of drug-likeness (QED) is 0.724. The normalized spacial score (nSPS) is 18.5. The van der Waals surface area contributed by atoms with Crippen LogP contribution in [0.2, 0.25) is 0 Å². The molecule has 1 heterocycles. The van der Waals surface area contributed by atoms with E-state index in [2.05, 4.69) is 10.4 Å². The molecule has 1 aliphatic rings. The molecule has 5 nitrogen and oxygen atoms in total. The van der Waals surface area contributed by atoms with Crippen molar-refractivity contribution in [3.8, 4) is 0 Å². The second-order valence-corrected chi connectivity index (χ2v) is 5.03. The lowest BCUT2D eigenvalue weighted by Gasteiger charge is -2.23. The molecule has 0 radical (unpaired) electrons. The fourth-order valence-electron chi connectivity index (χ4n) is 2.61. The van der Waals surface area contributed by atoms with Gasteiger partial charge in [-0.2, -0.15) is 5.10 Å². The molecular weight excluding hydrogens is 242 g/mol. The van der Waals surface area contributed by atoms with E-state index in [1.54, 1.807) is 7.11 Å². The Hall–Kier alpha value is -0.910. The first-order valence-electron chi connectivity index (χ1n) is 7.13. The minimum Gasteiger partial charge on any atom is -0.382 e. The minimum atomic E-state index is 0.469. The van der Waals surface area contributed by atoms with Crippen LogP contribution < -0.4 is 5.32 Å². The molecule has 0 saturated carbocycles. The van der Waals surface area contributed by atoms with Crippen LogP contribution in [0.15, 0.2) is 6.20 Å². The first kappa shape index (κ1) is 14.5. The Morgan fingerprint density at radius 3 is 3.16 bits per heavy atom. The zero-order valence-corrected chi connectivity index (χ0v) is 12.0. The second kappa shape index (κ2) is 7.62. The van der Waals surface area contributed by atoms with Crippen LogP contribution in [-0.4, -0.2) is 43.3 Å². The van der Waals surface area contributed by atoms with Gasteiger partial charge in [-0.15, -0.1) is 0 Å². The summed E-state index contributed by atoms with van der Waals surface area (Å²) in [7, 11) is 3.73. The summed E-state index contributed by atoms with van der Waals surface area (Å²) in [6.45, 7) is 3.15. The van der Waals surface area contributed by atoms with Crippen molar-refractivity contribution in [2.45, 2.75) is 31.7 Å². The maximum Gasteiger partial charge on any atom is 0.0700 e. The lowest BCUT2D eigenvalue weighted by Crippen LogP contribution is -2.26. The van der Waals surface area contributed by atoms with E-state index in [-0.39, 0.29) is 0 Å². The van der Waals surface area contributed by atoms with E-state index in [4.69, 9.17) is 9.47 Å². The molecule has 1 aliphatic carbocycles. The number of fused-ring (bicyclic) bond motifs is 1. The van der Waals surface area contributed by atoms with Crippen LogP contribution in [0.3, 0.4) is 0 Å². The lowest BCUT2D eigenvalue weighted by atomic mass is 9.93. The van der Waals surface area contributed by atoms with Crippen LogP contribution in [0.25, 0.3) is 0 Å². The highest BCUT2D eigenvalue weighted by Gasteiger charge is 2.22. The number of aromatic nitrogens is 2. The minimum absolute atomic E-state index is 0.469. The predicted molar refractivity (Wildman–Crippen MR) is 74.2 cm³/mol. The van der Waals surface area contributed by atoms with Crippen molar-refractivity contribution in [2.24, 2.45) is 7.05 Å². The molecule has 0 aliphatic heterocycles. The van der Waals surface area contributed by atoms with Crippen LogP contribution in [-0.2, 0) is 22.9 Å². The van der Waals surface area contributed by atoms with Crippen molar-refractivity contribution in [2.75, 3.05) is 33.5 Å².